The SMILES string of the molecule is CCC(O)CN1CC2(CCCCCC2)C1. The van der Waals surface area contributed by atoms with Gasteiger partial charge in [0.2, 0.25) is 0 Å². The molecule has 88 valence electrons. The van der Waals surface area contributed by atoms with Gasteiger partial charge >= 0.3 is 0 Å². The second-order valence-electron chi connectivity index (χ2n) is 5.65. The second-order valence-corrected chi connectivity index (χ2v) is 5.65. The monoisotopic (exact) mass is 211 g/mol. The summed E-state index contributed by atoms with van der Waals surface area (Å²) in [5, 5.41) is 9.59. The standard InChI is InChI=1S/C13H25NO/c1-2-12(15)9-14-10-13(11-14)7-5-3-4-6-8-13/h12,15H,2-11H2,1H3. The molecular formula is C13H25NO. The van der Waals surface area contributed by atoms with E-state index in [2.05, 4.69) is 11.8 Å². The molecule has 0 aromatic rings. The van der Waals surface area contributed by atoms with Gasteiger partial charge in [-0.25, -0.2) is 0 Å². The van der Waals surface area contributed by atoms with Crippen LogP contribution in [0.2, 0.25) is 0 Å². The molecule has 1 spiro atoms. The van der Waals surface area contributed by atoms with Crippen molar-refractivity contribution in [2.45, 2.75) is 58.0 Å². The van der Waals surface area contributed by atoms with Crippen molar-refractivity contribution in [2.24, 2.45) is 5.41 Å². The van der Waals surface area contributed by atoms with Crippen LogP contribution in [0.15, 0.2) is 0 Å². The summed E-state index contributed by atoms with van der Waals surface area (Å²) in [6.45, 7) is 5.47. The summed E-state index contributed by atoms with van der Waals surface area (Å²) in [6, 6.07) is 0. The summed E-state index contributed by atoms with van der Waals surface area (Å²) in [6.07, 6.45) is 9.42. The first-order chi connectivity index (χ1) is 7.24. The van der Waals surface area contributed by atoms with Crippen molar-refractivity contribution < 1.29 is 5.11 Å². The van der Waals surface area contributed by atoms with E-state index in [9.17, 15) is 5.11 Å². The molecule has 1 saturated carbocycles. The molecule has 0 bridgehead atoms. The minimum absolute atomic E-state index is 0.104. The van der Waals surface area contributed by atoms with Gasteiger partial charge in [-0.1, -0.05) is 32.6 Å². The number of hydrogen-bond donors (Lipinski definition) is 1. The minimum atomic E-state index is -0.104. The van der Waals surface area contributed by atoms with Crippen LogP contribution < -0.4 is 0 Å². The third-order valence-electron chi connectivity index (χ3n) is 4.22. The zero-order valence-corrected chi connectivity index (χ0v) is 10.0. The lowest BCUT2D eigenvalue weighted by Crippen LogP contribution is -2.57. The van der Waals surface area contributed by atoms with Gasteiger partial charge in [0, 0.05) is 19.6 Å². The summed E-state index contributed by atoms with van der Waals surface area (Å²) >= 11 is 0. The van der Waals surface area contributed by atoms with E-state index in [1.807, 2.05) is 0 Å². The van der Waals surface area contributed by atoms with Gasteiger partial charge < -0.3 is 5.11 Å². The minimum Gasteiger partial charge on any atom is -0.392 e. The van der Waals surface area contributed by atoms with Crippen molar-refractivity contribution in [2.75, 3.05) is 19.6 Å². The number of β-amino-alcohol motifs (C(OH)–C–C–N with tert-alkyl or cyclic N) is 1. The van der Waals surface area contributed by atoms with E-state index in [0.29, 0.717) is 5.41 Å². The molecule has 0 radical (unpaired) electrons. The lowest BCUT2D eigenvalue weighted by molar-refractivity contribution is -0.0371. The first kappa shape index (κ1) is 11.4. The third kappa shape index (κ3) is 2.73. The summed E-state index contributed by atoms with van der Waals surface area (Å²) < 4.78 is 0. The van der Waals surface area contributed by atoms with Gasteiger partial charge in [0.1, 0.15) is 0 Å². The molecule has 0 aromatic heterocycles. The summed E-state index contributed by atoms with van der Waals surface area (Å²) in [5.74, 6) is 0. The van der Waals surface area contributed by atoms with Crippen LogP contribution in [0.1, 0.15) is 51.9 Å². The Morgan fingerprint density at radius 2 is 1.73 bits per heavy atom. The van der Waals surface area contributed by atoms with Crippen LogP contribution in [0.25, 0.3) is 0 Å². The molecule has 1 heterocycles. The van der Waals surface area contributed by atoms with Crippen molar-refractivity contribution in [3.05, 3.63) is 0 Å². The number of rotatable bonds is 3. The summed E-state index contributed by atoms with van der Waals surface area (Å²) in [7, 11) is 0. The van der Waals surface area contributed by atoms with E-state index >= 15 is 0 Å². The van der Waals surface area contributed by atoms with Crippen molar-refractivity contribution in [1.29, 1.82) is 0 Å². The maximum Gasteiger partial charge on any atom is 0.0664 e. The molecule has 1 unspecified atom stereocenters. The number of nitrogens with zero attached hydrogens (tertiary/aromatic N) is 1. The van der Waals surface area contributed by atoms with Crippen molar-refractivity contribution in [1.82, 2.24) is 4.90 Å². The molecule has 0 amide bonds. The molecule has 2 rings (SSSR count). The summed E-state index contributed by atoms with van der Waals surface area (Å²) in [5.41, 5.74) is 0.657. The van der Waals surface area contributed by atoms with Gasteiger partial charge in [-0.15, -0.1) is 0 Å². The Morgan fingerprint density at radius 1 is 1.13 bits per heavy atom. The molecule has 2 fully saturated rings. The van der Waals surface area contributed by atoms with Gasteiger partial charge in [-0.2, -0.15) is 0 Å². The van der Waals surface area contributed by atoms with E-state index < -0.39 is 0 Å². The fraction of sp³-hybridized carbons (Fsp3) is 1.00. The molecule has 1 saturated heterocycles. The highest BCUT2D eigenvalue weighted by Crippen LogP contribution is 2.42. The van der Waals surface area contributed by atoms with E-state index in [1.54, 1.807) is 0 Å². The van der Waals surface area contributed by atoms with Crippen molar-refractivity contribution in [3.63, 3.8) is 0 Å². The highest BCUT2D eigenvalue weighted by molar-refractivity contribution is 4.96. The highest BCUT2D eigenvalue weighted by atomic mass is 16.3. The number of hydrogen-bond acceptors (Lipinski definition) is 2. The van der Waals surface area contributed by atoms with Crippen LogP contribution in [0, 0.1) is 5.41 Å². The molecule has 2 aliphatic rings. The molecule has 15 heavy (non-hydrogen) atoms. The predicted molar refractivity (Wildman–Crippen MR) is 62.9 cm³/mol. The highest BCUT2D eigenvalue weighted by Gasteiger charge is 2.42. The molecule has 1 aliphatic heterocycles. The van der Waals surface area contributed by atoms with Crippen LogP contribution >= 0.6 is 0 Å². The number of aliphatic hydroxyl groups excluding tert-OH is 1. The van der Waals surface area contributed by atoms with Gasteiger partial charge in [-0.3, -0.25) is 4.90 Å². The average molecular weight is 211 g/mol. The fourth-order valence-electron chi connectivity index (χ4n) is 3.25. The first-order valence-electron chi connectivity index (χ1n) is 6.64. The molecule has 2 nitrogen and oxygen atoms in total. The maximum absolute atomic E-state index is 9.59. The molecule has 1 N–H and O–H groups in total. The number of likely N-dealkylation sites (tertiary alicyclic amines) is 1. The van der Waals surface area contributed by atoms with E-state index in [-0.39, 0.29) is 6.10 Å². The first-order valence-corrected chi connectivity index (χ1v) is 6.64. The average Bonchev–Trinajstić information content (AvgIpc) is 2.42. The predicted octanol–water partition coefficient (Wildman–Crippen LogP) is 2.41. The quantitative estimate of drug-likeness (QED) is 0.775. The Labute approximate surface area is 93.7 Å². The zero-order chi connectivity index (χ0) is 10.7. The Balaban J connectivity index is 1.75. The summed E-state index contributed by atoms with van der Waals surface area (Å²) in [4.78, 5) is 2.44. The van der Waals surface area contributed by atoms with Crippen LogP contribution in [0.3, 0.4) is 0 Å². The zero-order valence-electron chi connectivity index (χ0n) is 10.0. The van der Waals surface area contributed by atoms with Gasteiger partial charge in [0.25, 0.3) is 0 Å². The largest absolute Gasteiger partial charge is 0.392 e. The van der Waals surface area contributed by atoms with Crippen LogP contribution in [0.4, 0.5) is 0 Å². The fourth-order valence-corrected chi connectivity index (χ4v) is 3.25. The molecule has 2 heteroatoms. The maximum atomic E-state index is 9.59. The Kier molecular flexibility index (Phi) is 3.68. The van der Waals surface area contributed by atoms with Crippen LogP contribution in [-0.2, 0) is 0 Å². The number of aliphatic hydroxyl groups is 1. The lowest BCUT2D eigenvalue weighted by atomic mass is 9.73. The second kappa shape index (κ2) is 4.84. The molecule has 1 aliphatic carbocycles. The Morgan fingerprint density at radius 3 is 2.27 bits per heavy atom. The van der Waals surface area contributed by atoms with E-state index in [0.717, 1.165) is 13.0 Å². The topological polar surface area (TPSA) is 23.5 Å². The smallest absolute Gasteiger partial charge is 0.0664 e. The van der Waals surface area contributed by atoms with E-state index in [1.165, 1.54) is 51.6 Å². The van der Waals surface area contributed by atoms with Gasteiger partial charge in [-0.05, 0) is 24.7 Å². The molecule has 1 atom stereocenters. The van der Waals surface area contributed by atoms with Crippen LogP contribution in [0.5, 0.6) is 0 Å². The Bertz CT molecular complexity index is 189. The van der Waals surface area contributed by atoms with Gasteiger partial charge in [0.05, 0.1) is 6.10 Å². The van der Waals surface area contributed by atoms with Crippen molar-refractivity contribution >= 4 is 0 Å². The van der Waals surface area contributed by atoms with Crippen molar-refractivity contribution in [3.8, 4) is 0 Å². The lowest BCUT2D eigenvalue weighted by Gasteiger charge is -2.51. The molecule has 0 aromatic carbocycles. The van der Waals surface area contributed by atoms with Gasteiger partial charge in [0.15, 0.2) is 0 Å². The van der Waals surface area contributed by atoms with E-state index in [4.69, 9.17) is 0 Å². The molecular weight excluding hydrogens is 186 g/mol. The third-order valence-corrected chi connectivity index (χ3v) is 4.22. The normalized spacial score (nSPS) is 28.4. The Hall–Kier alpha value is -0.0800. The van der Waals surface area contributed by atoms with Crippen LogP contribution in [-0.4, -0.2) is 35.7 Å².